The normalized spacial score (nSPS) is 17.2. The third-order valence-electron chi connectivity index (χ3n) is 4.34. The van der Waals surface area contributed by atoms with Crippen LogP contribution in [0.1, 0.15) is 18.1 Å². The Bertz CT molecular complexity index is 481. The fraction of sp³-hybridized carbons (Fsp3) is 0.588. The third-order valence-corrected chi connectivity index (χ3v) is 4.34. The highest BCUT2D eigenvalue weighted by atomic mass is 35.5. The molecule has 0 bridgehead atoms. The topological polar surface area (TPSA) is 79.0 Å². The van der Waals surface area contributed by atoms with Crippen LogP contribution < -0.4 is 5.73 Å². The predicted molar refractivity (Wildman–Crippen MR) is 103 cm³/mol. The monoisotopic (exact) mass is 393 g/mol. The van der Waals surface area contributed by atoms with Crippen LogP contribution in [0, 0.1) is 0 Å². The van der Waals surface area contributed by atoms with E-state index in [-0.39, 0.29) is 36.8 Å². The summed E-state index contributed by atoms with van der Waals surface area (Å²) in [6.45, 7) is 3.86. The van der Waals surface area contributed by atoms with Crippen LogP contribution in [0.4, 0.5) is 0 Å². The van der Waals surface area contributed by atoms with Crippen LogP contribution in [0.15, 0.2) is 30.3 Å². The summed E-state index contributed by atoms with van der Waals surface area (Å²) in [6.07, 6.45) is -0.367. The Balaban J connectivity index is 0.00000288. The molecule has 1 aromatic carbocycles. The molecule has 2 unspecified atom stereocenters. The number of nitrogens with two attached hydrogens (primary N) is 1. The minimum Gasteiger partial charge on any atom is -0.387 e. The molecule has 1 aliphatic rings. The number of aliphatic hydroxyl groups excluding tert-OH is 1. The maximum absolute atomic E-state index is 12.2. The molecular formula is C17H29Cl2N3O3. The van der Waals surface area contributed by atoms with Gasteiger partial charge in [-0.05, 0) is 5.56 Å². The van der Waals surface area contributed by atoms with E-state index in [0.29, 0.717) is 32.6 Å². The summed E-state index contributed by atoms with van der Waals surface area (Å²) >= 11 is 0. The Hall–Kier alpha value is -0.890. The lowest BCUT2D eigenvalue weighted by molar-refractivity contribution is -0.135. The summed E-state index contributed by atoms with van der Waals surface area (Å²) in [7, 11) is 1.58. The molecule has 1 saturated heterocycles. The Labute approximate surface area is 162 Å². The van der Waals surface area contributed by atoms with Gasteiger partial charge in [-0.2, -0.15) is 0 Å². The van der Waals surface area contributed by atoms with Crippen molar-refractivity contribution in [3.63, 3.8) is 0 Å². The maximum atomic E-state index is 12.2. The van der Waals surface area contributed by atoms with Gasteiger partial charge in [0.2, 0.25) is 5.91 Å². The fourth-order valence-corrected chi connectivity index (χ4v) is 2.79. The highest BCUT2D eigenvalue weighted by Gasteiger charge is 2.24. The van der Waals surface area contributed by atoms with E-state index >= 15 is 0 Å². The Morgan fingerprint density at radius 2 is 1.80 bits per heavy atom. The van der Waals surface area contributed by atoms with Crippen LogP contribution in [-0.2, 0) is 9.53 Å². The van der Waals surface area contributed by atoms with Crippen LogP contribution >= 0.6 is 24.8 Å². The zero-order valence-corrected chi connectivity index (χ0v) is 16.2. The van der Waals surface area contributed by atoms with Gasteiger partial charge in [0.1, 0.15) is 0 Å². The van der Waals surface area contributed by atoms with Crippen molar-refractivity contribution < 1.29 is 14.6 Å². The number of amides is 1. The van der Waals surface area contributed by atoms with E-state index in [2.05, 4.69) is 4.90 Å². The van der Waals surface area contributed by atoms with Crippen molar-refractivity contribution in [3.8, 4) is 0 Å². The molecule has 0 spiro atoms. The molecule has 2 rings (SSSR count). The molecule has 25 heavy (non-hydrogen) atoms. The molecule has 1 amide bonds. The smallest absolute Gasteiger partial charge is 0.225 e. The molecule has 1 heterocycles. The number of piperazine rings is 1. The first-order valence-corrected chi connectivity index (χ1v) is 8.10. The van der Waals surface area contributed by atoms with Gasteiger partial charge in [0.15, 0.2) is 0 Å². The van der Waals surface area contributed by atoms with Crippen molar-refractivity contribution in [1.29, 1.82) is 0 Å². The predicted octanol–water partition coefficient (Wildman–Crippen LogP) is 1.07. The van der Waals surface area contributed by atoms with Crippen molar-refractivity contribution in [1.82, 2.24) is 9.80 Å². The van der Waals surface area contributed by atoms with Crippen molar-refractivity contribution in [2.45, 2.75) is 18.6 Å². The van der Waals surface area contributed by atoms with Gasteiger partial charge in [-0.15, -0.1) is 24.8 Å². The van der Waals surface area contributed by atoms with Gasteiger partial charge >= 0.3 is 0 Å². The number of halogens is 2. The number of hydrogen-bond donors (Lipinski definition) is 2. The van der Waals surface area contributed by atoms with Gasteiger partial charge in [0, 0.05) is 46.4 Å². The summed E-state index contributed by atoms with van der Waals surface area (Å²) in [6, 6.07) is 9.66. The highest BCUT2D eigenvalue weighted by Crippen LogP contribution is 2.15. The molecule has 3 N–H and O–H groups in total. The summed E-state index contributed by atoms with van der Waals surface area (Å²) in [5, 5.41) is 10.3. The van der Waals surface area contributed by atoms with Gasteiger partial charge in [0.25, 0.3) is 0 Å². The molecule has 0 aliphatic carbocycles. The van der Waals surface area contributed by atoms with Crippen LogP contribution in [0.25, 0.3) is 0 Å². The van der Waals surface area contributed by atoms with Crippen LogP contribution in [0.3, 0.4) is 0 Å². The molecule has 1 aliphatic heterocycles. The van der Waals surface area contributed by atoms with Crippen molar-refractivity contribution in [2.24, 2.45) is 5.73 Å². The number of carbonyl (C=O) groups is 1. The van der Waals surface area contributed by atoms with Gasteiger partial charge in [-0.3, -0.25) is 9.69 Å². The molecule has 8 heteroatoms. The number of carbonyl (C=O) groups excluding carboxylic acids is 1. The van der Waals surface area contributed by atoms with Crippen LogP contribution in [0.5, 0.6) is 0 Å². The quantitative estimate of drug-likeness (QED) is 0.724. The summed E-state index contributed by atoms with van der Waals surface area (Å²) in [5.74, 6) is 0.0885. The summed E-state index contributed by atoms with van der Waals surface area (Å²) in [5.41, 5.74) is 6.49. The molecule has 1 fully saturated rings. The largest absolute Gasteiger partial charge is 0.387 e. The number of β-amino-alcohol motifs (C(OH)–C–C–N with tert-alkyl or cyclic N) is 1. The van der Waals surface area contributed by atoms with Gasteiger partial charge in [-0.1, -0.05) is 30.3 Å². The number of rotatable bonds is 7. The highest BCUT2D eigenvalue weighted by molar-refractivity contribution is 5.85. The van der Waals surface area contributed by atoms with E-state index in [1.165, 1.54) is 0 Å². The molecular weight excluding hydrogens is 365 g/mol. The van der Waals surface area contributed by atoms with Gasteiger partial charge < -0.3 is 20.5 Å². The second kappa shape index (κ2) is 12.5. The average Bonchev–Trinajstić information content (AvgIpc) is 2.60. The van der Waals surface area contributed by atoms with E-state index < -0.39 is 6.10 Å². The van der Waals surface area contributed by atoms with Gasteiger partial charge in [-0.25, -0.2) is 0 Å². The molecule has 0 aromatic heterocycles. The Morgan fingerprint density at radius 1 is 1.20 bits per heavy atom. The van der Waals surface area contributed by atoms with E-state index in [1.807, 2.05) is 35.2 Å². The SMILES string of the molecule is COC(CN)CC(=O)N1CCN(CC(O)c2ccccc2)CC1.Cl.Cl. The Kier molecular flexibility index (Phi) is 12.0. The number of ether oxygens (including phenoxy) is 1. The molecule has 1 aromatic rings. The minimum absolute atomic E-state index is 0. The zero-order chi connectivity index (χ0) is 16.7. The molecule has 6 nitrogen and oxygen atoms in total. The second-order valence-corrected chi connectivity index (χ2v) is 5.91. The summed E-state index contributed by atoms with van der Waals surface area (Å²) < 4.78 is 5.17. The van der Waals surface area contributed by atoms with E-state index in [0.717, 1.165) is 18.7 Å². The second-order valence-electron chi connectivity index (χ2n) is 5.91. The Morgan fingerprint density at radius 3 is 2.32 bits per heavy atom. The van der Waals surface area contributed by atoms with E-state index in [4.69, 9.17) is 10.5 Å². The summed E-state index contributed by atoms with van der Waals surface area (Å²) in [4.78, 5) is 16.2. The van der Waals surface area contributed by atoms with Crippen molar-refractivity contribution >= 4 is 30.7 Å². The fourth-order valence-electron chi connectivity index (χ4n) is 2.79. The van der Waals surface area contributed by atoms with Crippen LogP contribution in [-0.4, -0.2) is 73.3 Å². The zero-order valence-electron chi connectivity index (χ0n) is 14.5. The first kappa shape index (κ1) is 24.1. The molecule has 2 atom stereocenters. The van der Waals surface area contributed by atoms with Crippen molar-refractivity contribution in [2.75, 3.05) is 46.4 Å². The number of benzene rings is 1. The van der Waals surface area contributed by atoms with Crippen LogP contribution in [0.2, 0.25) is 0 Å². The molecule has 0 saturated carbocycles. The lowest BCUT2D eigenvalue weighted by atomic mass is 10.1. The standard InChI is InChI=1S/C17H27N3O3.2ClH/c1-23-15(12-18)11-17(22)20-9-7-19(8-10-20)13-16(21)14-5-3-2-4-6-14;;/h2-6,15-16,21H,7-13,18H2,1H3;2*1H. The first-order valence-electron chi connectivity index (χ1n) is 8.10. The minimum atomic E-state index is -0.492. The molecule has 144 valence electrons. The lowest BCUT2D eigenvalue weighted by Crippen LogP contribution is -2.50. The van der Waals surface area contributed by atoms with E-state index in [9.17, 15) is 9.90 Å². The average molecular weight is 394 g/mol. The third kappa shape index (κ3) is 7.48. The number of nitrogens with zero attached hydrogens (tertiary/aromatic N) is 2. The first-order chi connectivity index (χ1) is 11.1. The number of methoxy groups -OCH3 is 1. The lowest BCUT2D eigenvalue weighted by Gasteiger charge is -2.36. The maximum Gasteiger partial charge on any atom is 0.225 e. The number of hydrogen-bond acceptors (Lipinski definition) is 5. The molecule has 0 radical (unpaired) electrons. The van der Waals surface area contributed by atoms with E-state index in [1.54, 1.807) is 7.11 Å². The number of aliphatic hydroxyl groups is 1. The van der Waals surface area contributed by atoms with Crippen molar-refractivity contribution in [3.05, 3.63) is 35.9 Å². The van der Waals surface area contributed by atoms with Gasteiger partial charge in [0.05, 0.1) is 18.6 Å².